The Hall–Kier alpha value is -0.790. The quantitative estimate of drug-likeness (QED) is 0.0613. The molecule has 40 heavy (non-hydrogen) atoms. The summed E-state index contributed by atoms with van der Waals surface area (Å²) in [6, 6.07) is 0. The number of hydrogen-bond donors (Lipinski definition) is 0. The molecule has 0 aromatic carbocycles. The second kappa shape index (κ2) is 29.7. The summed E-state index contributed by atoms with van der Waals surface area (Å²) in [6.45, 7) is 9.39. The van der Waals surface area contributed by atoms with Crippen molar-refractivity contribution in [3.8, 4) is 0 Å². The molecule has 2 nitrogen and oxygen atoms in total. The molecule has 0 aliphatic rings. The molecule has 1 heterocycles. The van der Waals surface area contributed by atoms with E-state index >= 15 is 0 Å². The van der Waals surface area contributed by atoms with Crippen LogP contribution >= 0.6 is 0 Å². The maximum Gasteiger partial charge on any atom is 0.256 e. The van der Waals surface area contributed by atoms with Gasteiger partial charge in [0.15, 0.2) is 0 Å². The fourth-order valence-electron chi connectivity index (χ4n) is 6.33. The molecule has 0 saturated carbocycles. The van der Waals surface area contributed by atoms with Crippen LogP contribution in [0.2, 0.25) is 0 Å². The lowest BCUT2D eigenvalue weighted by Gasteiger charge is -2.07. The summed E-state index contributed by atoms with van der Waals surface area (Å²) in [5.74, 6) is 1.62. The molecule has 0 N–H and O–H groups in total. The van der Waals surface area contributed by atoms with E-state index in [0.717, 1.165) is 0 Å². The number of hydrogen-bond acceptors (Lipinski definition) is 0. The Morgan fingerprint density at radius 2 is 0.775 bits per heavy atom. The Balaban J connectivity index is 2.23. The Morgan fingerprint density at radius 3 is 1.20 bits per heavy atom. The Labute approximate surface area is 253 Å². The zero-order valence-corrected chi connectivity index (χ0v) is 28.2. The summed E-state index contributed by atoms with van der Waals surface area (Å²) < 4.78 is 5.24. The molecule has 0 amide bonds. The van der Waals surface area contributed by atoms with Crippen LogP contribution in [0, 0.1) is 0 Å². The van der Waals surface area contributed by atoms with Gasteiger partial charge in [0.25, 0.3) is 5.82 Å². The van der Waals surface area contributed by atoms with Crippen molar-refractivity contribution in [2.75, 3.05) is 0 Å². The number of nitrogens with zero attached hydrogens (tertiary/aromatic N) is 2. The smallest absolute Gasteiger partial charge is 0.234 e. The molecule has 0 aliphatic heterocycles. The van der Waals surface area contributed by atoms with Crippen molar-refractivity contribution in [1.82, 2.24) is 4.57 Å². The molecule has 0 saturated heterocycles. The zero-order chi connectivity index (χ0) is 28.8. The number of unbranched alkanes of at least 4 members (excludes halogenated alkanes) is 26. The van der Waals surface area contributed by atoms with Gasteiger partial charge >= 0.3 is 0 Å². The van der Waals surface area contributed by atoms with Gasteiger partial charge in [0.05, 0.1) is 13.1 Å². The van der Waals surface area contributed by atoms with Gasteiger partial charge in [-0.3, -0.25) is 0 Å². The predicted molar refractivity (Wildman–Crippen MR) is 179 cm³/mol. The molecule has 2 heteroatoms. The molecule has 0 atom stereocenters. The van der Waals surface area contributed by atoms with E-state index in [-0.39, 0.29) is 0 Å². The molecule has 0 aliphatic carbocycles. The first-order chi connectivity index (χ1) is 19.8. The van der Waals surface area contributed by atoms with Crippen LogP contribution in [0.5, 0.6) is 0 Å². The summed E-state index contributed by atoms with van der Waals surface area (Å²) in [7, 11) is 0. The monoisotopic (exact) mass is 560 g/mol. The van der Waals surface area contributed by atoms with E-state index in [2.05, 4.69) is 42.3 Å². The number of aryl methyl sites for hydroxylation is 2. The predicted octanol–water partition coefficient (Wildman–Crippen LogP) is 12.7. The summed E-state index contributed by atoms with van der Waals surface area (Å²) in [5.41, 5.74) is 0. The molecule has 0 fully saturated rings. The van der Waals surface area contributed by atoms with Crippen LogP contribution in [-0.2, 0) is 19.5 Å². The van der Waals surface area contributed by atoms with Crippen molar-refractivity contribution in [3.05, 3.63) is 18.2 Å². The van der Waals surface area contributed by atoms with Crippen molar-refractivity contribution < 1.29 is 4.57 Å². The summed E-state index contributed by atoms with van der Waals surface area (Å²) in [4.78, 5) is 0. The van der Waals surface area contributed by atoms with E-state index in [4.69, 9.17) is 0 Å². The van der Waals surface area contributed by atoms with Crippen LogP contribution in [-0.4, -0.2) is 4.57 Å². The molecule has 236 valence electrons. The number of imidazole rings is 1. The van der Waals surface area contributed by atoms with Gasteiger partial charge < -0.3 is 0 Å². The maximum atomic E-state index is 2.62. The van der Waals surface area contributed by atoms with E-state index in [0.29, 0.717) is 0 Å². The van der Waals surface area contributed by atoms with Gasteiger partial charge in [-0.1, -0.05) is 175 Å². The van der Waals surface area contributed by atoms with Crippen LogP contribution in [0.1, 0.15) is 213 Å². The lowest BCUT2D eigenvalue weighted by molar-refractivity contribution is -0.704. The first kappa shape index (κ1) is 37.2. The fourth-order valence-corrected chi connectivity index (χ4v) is 6.33. The van der Waals surface area contributed by atoms with Gasteiger partial charge in [0.2, 0.25) is 0 Å². The molecule has 0 bridgehead atoms. The SMILES string of the molecule is CCCCCCCCCCCCCCCCCc1n(CCCCCCCC)cc[n+]1CCCCCCCCCC. The minimum Gasteiger partial charge on any atom is -0.234 e. The number of rotatable bonds is 32. The largest absolute Gasteiger partial charge is 0.256 e. The highest BCUT2D eigenvalue weighted by Gasteiger charge is 2.16. The van der Waals surface area contributed by atoms with Gasteiger partial charge in [0.1, 0.15) is 12.4 Å². The van der Waals surface area contributed by atoms with E-state index in [1.54, 1.807) is 5.82 Å². The van der Waals surface area contributed by atoms with Crippen molar-refractivity contribution in [2.24, 2.45) is 0 Å². The summed E-state index contributed by atoms with van der Waals surface area (Å²) >= 11 is 0. The Kier molecular flexibility index (Phi) is 27.6. The van der Waals surface area contributed by atoms with Crippen LogP contribution in [0.3, 0.4) is 0 Å². The minimum atomic E-state index is 1.23. The first-order valence-electron chi connectivity index (χ1n) is 18.9. The third-order valence-corrected chi connectivity index (χ3v) is 9.10. The van der Waals surface area contributed by atoms with Crippen LogP contribution in [0.15, 0.2) is 12.4 Å². The Bertz CT molecular complexity index is 619. The third kappa shape index (κ3) is 21.9. The van der Waals surface area contributed by atoms with E-state index < -0.39 is 0 Å². The van der Waals surface area contributed by atoms with Crippen LogP contribution in [0.25, 0.3) is 0 Å². The van der Waals surface area contributed by atoms with Crippen molar-refractivity contribution >= 4 is 0 Å². The molecular formula is C38H75N2+. The third-order valence-electron chi connectivity index (χ3n) is 9.10. The highest BCUT2D eigenvalue weighted by atomic mass is 15.1. The zero-order valence-electron chi connectivity index (χ0n) is 28.2. The lowest BCUT2D eigenvalue weighted by atomic mass is 10.0. The maximum absolute atomic E-state index is 2.62. The highest BCUT2D eigenvalue weighted by Crippen LogP contribution is 2.15. The molecule has 1 aromatic heterocycles. The van der Waals surface area contributed by atoms with E-state index in [9.17, 15) is 0 Å². The van der Waals surface area contributed by atoms with E-state index in [1.807, 2.05) is 0 Å². The van der Waals surface area contributed by atoms with Gasteiger partial charge in [-0.05, 0) is 32.1 Å². The highest BCUT2D eigenvalue weighted by molar-refractivity contribution is 4.84. The average Bonchev–Trinajstić information content (AvgIpc) is 3.35. The molecule has 1 rings (SSSR count). The van der Waals surface area contributed by atoms with Crippen LogP contribution in [0.4, 0.5) is 0 Å². The van der Waals surface area contributed by atoms with Crippen molar-refractivity contribution in [2.45, 2.75) is 226 Å². The van der Waals surface area contributed by atoms with Gasteiger partial charge in [0, 0.05) is 6.42 Å². The molecular weight excluding hydrogens is 484 g/mol. The second-order valence-corrected chi connectivity index (χ2v) is 13.0. The lowest BCUT2D eigenvalue weighted by Crippen LogP contribution is -2.37. The van der Waals surface area contributed by atoms with Crippen molar-refractivity contribution in [3.63, 3.8) is 0 Å². The minimum absolute atomic E-state index is 1.23. The van der Waals surface area contributed by atoms with E-state index in [1.165, 1.54) is 206 Å². The van der Waals surface area contributed by atoms with Crippen LogP contribution < -0.4 is 4.57 Å². The Morgan fingerprint density at radius 1 is 0.425 bits per heavy atom. The second-order valence-electron chi connectivity index (χ2n) is 13.0. The van der Waals surface area contributed by atoms with Gasteiger partial charge in [-0.2, -0.15) is 0 Å². The molecule has 0 spiro atoms. The average molecular weight is 560 g/mol. The van der Waals surface area contributed by atoms with Gasteiger partial charge in [-0.15, -0.1) is 0 Å². The summed E-state index contributed by atoms with van der Waals surface area (Å²) in [5, 5.41) is 0. The van der Waals surface area contributed by atoms with Crippen molar-refractivity contribution in [1.29, 1.82) is 0 Å². The molecule has 0 unspecified atom stereocenters. The summed E-state index contributed by atoms with van der Waals surface area (Å²) in [6.07, 6.45) is 47.4. The fraction of sp³-hybridized carbons (Fsp3) is 0.921. The molecule has 1 aromatic rings. The normalized spacial score (nSPS) is 11.6. The topological polar surface area (TPSA) is 8.81 Å². The standard InChI is InChI=1S/C38H75N2/c1-4-7-10-13-16-18-19-20-21-22-23-24-25-27-30-33-38-39(34-31-28-15-12-9-6-3)36-37-40(38)35-32-29-26-17-14-11-8-5-2/h36-37H,4-35H2,1-3H3/q+1. The molecule has 0 radical (unpaired) electrons. The van der Waals surface area contributed by atoms with Gasteiger partial charge in [-0.25, -0.2) is 9.13 Å². The number of aromatic nitrogens is 2. The first-order valence-corrected chi connectivity index (χ1v) is 18.9.